The van der Waals surface area contributed by atoms with Crippen LogP contribution in [0.1, 0.15) is 11.1 Å². The Morgan fingerprint density at radius 3 is 2.44 bits per heavy atom. The molecule has 0 radical (unpaired) electrons. The molecule has 0 heterocycles. The van der Waals surface area contributed by atoms with Gasteiger partial charge in [-0.25, -0.2) is 0 Å². The van der Waals surface area contributed by atoms with Crippen LogP contribution < -0.4 is 4.18 Å². The molecule has 0 spiro atoms. The highest BCUT2D eigenvalue weighted by atomic mass is 32.2. The Kier molecular flexibility index (Phi) is 2.94. The van der Waals surface area contributed by atoms with E-state index < -0.39 is 11.4 Å². The summed E-state index contributed by atoms with van der Waals surface area (Å²) in [5.74, 6) is 0.456. The Hall–Kier alpha value is -1.39. The third kappa shape index (κ3) is 1.94. The smallest absolute Gasteiger partial charge is 0.357 e. The van der Waals surface area contributed by atoms with Crippen LogP contribution >= 0.6 is 0 Å². The topological polar surface area (TPSA) is 46.5 Å². The zero-order chi connectivity index (χ0) is 11.7. The molecule has 0 fully saturated rings. The Labute approximate surface area is 96.5 Å². The highest BCUT2D eigenvalue weighted by Gasteiger charge is 2.09. The molecule has 0 aromatic heterocycles. The highest BCUT2D eigenvalue weighted by molar-refractivity contribution is 7.74. The number of hydrogen-bond donors (Lipinski definition) is 1. The van der Waals surface area contributed by atoms with Gasteiger partial charge in [-0.2, -0.15) is 4.21 Å². The molecular formula is C12H12O3S. The van der Waals surface area contributed by atoms with Gasteiger partial charge in [-0.15, -0.1) is 0 Å². The maximum Gasteiger partial charge on any atom is 0.357 e. The van der Waals surface area contributed by atoms with Gasteiger partial charge in [-0.3, -0.25) is 4.55 Å². The Morgan fingerprint density at radius 2 is 1.81 bits per heavy atom. The lowest BCUT2D eigenvalue weighted by Crippen LogP contribution is -2.00. The lowest BCUT2D eigenvalue weighted by Gasteiger charge is -2.10. The van der Waals surface area contributed by atoms with Gasteiger partial charge >= 0.3 is 11.4 Å². The molecule has 1 N–H and O–H groups in total. The molecular weight excluding hydrogens is 224 g/mol. The standard InChI is InChI=1S/C12H12O3S/c1-8-7-12(15-16(13)14)9(2)11-6-4-3-5-10(8)11/h3-7H,1-2H3,(H,13,14). The van der Waals surface area contributed by atoms with Crippen LogP contribution in [-0.2, 0) is 11.4 Å². The number of benzene rings is 2. The molecule has 16 heavy (non-hydrogen) atoms. The van der Waals surface area contributed by atoms with Crippen molar-refractivity contribution in [1.82, 2.24) is 0 Å². The first-order valence-corrected chi connectivity index (χ1v) is 5.91. The maximum absolute atomic E-state index is 10.7. The predicted octanol–water partition coefficient (Wildman–Crippen LogP) is 2.97. The van der Waals surface area contributed by atoms with E-state index in [2.05, 4.69) is 0 Å². The predicted molar refractivity (Wildman–Crippen MR) is 64.8 cm³/mol. The molecule has 4 heteroatoms. The van der Waals surface area contributed by atoms with Crippen LogP contribution in [0.4, 0.5) is 0 Å². The van der Waals surface area contributed by atoms with E-state index in [1.807, 2.05) is 38.1 Å². The van der Waals surface area contributed by atoms with Crippen LogP contribution in [0.5, 0.6) is 5.75 Å². The molecule has 2 aromatic carbocycles. The molecule has 1 atom stereocenters. The van der Waals surface area contributed by atoms with Crippen molar-refractivity contribution in [2.24, 2.45) is 0 Å². The van der Waals surface area contributed by atoms with Crippen LogP contribution in [0, 0.1) is 13.8 Å². The molecule has 1 unspecified atom stereocenters. The molecule has 0 aliphatic heterocycles. The summed E-state index contributed by atoms with van der Waals surface area (Å²) in [6, 6.07) is 9.70. The fourth-order valence-corrected chi connectivity index (χ4v) is 2.16. The van der Waals surface area contributed by atoms with Crippen molar-refractivity contribution in [3.05, 3.63) is 41.5 Å². The Balaban J connectivity index is 2.70. The average Bonchev–Trinajstić information content (AvgIpc) is 2.25. The number of rotatable bonds is 2. The summed E-state index contributed by atoms with van der Waals surface area (Å²) in [4.78, 5) is 0. The molecule has 84 valence electrons. The quantitative estimate of drug-likeness (QED) is 0.815. The second kappa shape index (κ2) is 4.23. The summed E-state index contributed by atoms with van der Waals surface area (Å²) in [6.07, 6.45) is 0. The fraction of sp³-hybridized carbons (Fsp3) is 0.167. The zero-order valence-corrected chi connectivity index (χ0v) is 9.88. The number of fused-ring (bicyclic) bond motifs is 1. The van der Waals surface area contributed by atoms with E-state index in [9.17, 15) is 4.21 Å². The Morgan fingerprint density at radius 1 is 1.19 bits per heavy atom. The summed E-state index contributed by atoms with van der Waals surface area (Å²) in [5.41, 5.74) is 1.91. The van der Waals surface area contributed by atoms with Gasteiger partial charge in [0.15, 0.2) is 0 Å². The fourth-order valence-electron chi connectivity index (χ4n) is 1.83. The minimum atomic E-state index is -2.28. The van der Waals surface area contributed by atoms with Gasteiger partial charge in [0.05, 0.1) is 0 Å². The van der Waals surface area contributed by atoms with Gasteiger partial charge in [0.25, 0.3) is 0 Å². The molecule has 0 aliphatic carbocycles. The molecule has 2 rings (SSSR count). The van der Waals surface area contributed by atoms with E-state index in [1.54, 1.807) is 6.07 Å². The van der Waals surface area contributed by atoms with Crippen molar-refractivity contribution < 1.29 is 12.9 Å². The molecule has 0 bridgehead atoms. The summed E-state index contributed by atoms with van der Waals surface area (Å²) >= 11 is -2.28. The minimum Gasteiger partial charge on any atom is -0.380 e. The minimum absolute atomic E-state index is 0.456. The van der Waals surface area contributed by atoms with Gasteiger partial charge in [-0.05, 0) is 36.2 Å². The van der Waals surface area contributed by atoms with E-state index >= 15 is 0 Å². The number of hydrogen-bond acceptors (Lipinski definition) is 2. The number of aryl methyl sites for hydroxylation is 2. The van der Waals surface area contributed by atoms with Crippen molar-refractivity contribution >= 4 is 22.1 Å². The molecule has 3 nitrogen and oxygen atoms in total. The van der Waals surface area contributed by atoms with Gasteiger partial charge in [-0.1, -0.05) is 24.3 Å². The third-order valence-electron chi connectivity index (χ3n) is 2.63. The van der Waals surface area contributed by atoms with E-state index in [1.165, 1.54) is 0 Å². The van der Waals surface area contributed by atoms with Crippen LogP contribution in [0.25, 0.3) is 10.8 Å². The second-order valence-corrected chi connectivity index (χ2v) is 4.26. The van der Waals surface area contributed by atoms with E-state index in [4.69, 9.17) is 8.74 Å². The monoisotopic (exact) mass is 236 g/mol. The average molecular weight is 236 g/mol. The first kappa shape index (κ1) is 11.1. The third-order valence-corrected chi connectivity index (χ3v) is 2.96. The molecule has 0 aliphatic rings. The normalized spacial score (nSPS) is 12.7. The van der Waals surface area contributed by atoms with Gasteiger partial charge in [0.2, 0.25) is 0 Å². The van der Waals surface area contributed by atoms with Crippen molar-refractivity contribution in [3.63, 3.8) is 0 Å². The van der Waals surface area contributed by atoms with Crippen LogP contribution in [-0.4, -0.2) is 8.76 Å². The van der Waals surface area contributed by atoms with Crippen LogP contribution in [0.3, 0.4) is 0 Å². The molecule has 2 aromatic rings. The first-order valence-electron chi connectivity index (χ1n) is 4.87. The lowest BCUT2D eigenvalue weighted by molar-refractivity contribution is 0.456. The van der Waals surface area contributed by atoms with E-state index in [0.29, 0.717) is 5.75 Å². The van der Waals surface area contributed by atoms with Gasteiger partial charge < -0.3 is 4.18 Å². The largest absolute Gasteiger partial charge is 0.380 e. The summed E-state index contributed by atoms with van der Waals surface area (Å²) in [7, 11) is 0. The first-order chi connectivity index (χ1) is 7.59. The molecule has 0 saturated heterocycles. The van der Waals surface area contributed by atoms with Gasteiger partial charge in [0, 0.05) is 5.56 Å². The SMILES string of the molecule is Cc1cc(OS(=O)O)c(C)c2ccccc12. The van der Waals surface area contributed by atoms with Crippen molar-refractivity contribution in [2.45, 2.75) is 13.8 Å². The van der Waals surface area contributed by atoms with Crippen molar-refractivity contribution in [2.75, 3.05) is 0 Å². The maximum atomic E-state index is 10.7. The van der Waals surface area contributed by atoms with Gasteiger partial charge in [0.1, 0.15) is 5.75 Å². The second-order valence-electron chi connectivity index (χ2n) is 3.66. The molecule has 0 amide bonds. The lowest BCUT2D eigenvalue weighted by atomic mass is 10.0. The molecule has 0 saturated carbocycles. The summed E-state index contributed by atoms with van der Waals surface area (Å²) in [6.45, 7) is 3.83. The van der Waals surface area contributed by atoms with E-state index in [0.717, 1.165) is 21.9 Å². The van der Waals surface area contributed by atoms with Crippen LogP contribution in [0.2, 0.25) is 0 Å². The summed E-state index contributed by atoms with van der Waals surface area (Å²) < 4.78 is 24.3. The van der Waals surface area contributed by atoms with Crippen molar-refractivity contribution in [1.29, 1.82) is 0 Å². The zero-order valence-electron chi connectivity index (χ0n) is 9.06. The van der Waals surface area contributed by atoms with Crippen LogP contribution in [0.15, 0.2) is 30.3 Å². The highest BCUT2D eigenvalue weighted by Crippen LogP contribution is 2.30. The summed E-state index contributed by atoms with van der Waals surface area (Å²) in [5, 5.41) is 2.18. The Bertz CT molecular complexity index is 563. The van der Waals surface area contributed by atoms with E-state index in [-0.39, 0.29) is 0 Å². The van der Waals surface area contributed by atoms with Crippen molar-refractivity contribution in [3.8, 4) is 5.75 Å².